The van der Waals surface area contributed by atoms with Crippen LogP contribution >= 0.6 is 0 Å². The fourth-order valence-corrected chi connectivity index (χ4v) is 2.37. The van der Waals surface area contributed by atoms with Gasteiger partial charge in [-0.05, 0) is 30.0 Å². The summed E-state index contributed by atoms with van der Waals surface area (Å²) in [7, 11) is 0. The first-order valence-corrected chi connectivity index (χ1v) is 6.32. The third kappa shape index (κ3) is 3.71. The third-order valence-electron chi connectivity index (χ3n) is 3.39. The normalized spacial score (nSPS) is 18.5. The molecular weight excluding hydrogens is 246 g/mol. The standard InChI is InChI=1S/C14H17NO4/c16-12-3-1-10(2-4-12)7-13(17)15-6-5-11(9-15)8-14(18)19/h1-4,11,16H,5-9H2,(H,18,19). The molecule has 1 aromatic rings. The van der Waals surface area contributed by atoms with Crippen LogP contribution in [0.25, 0.3) is 0 Å². The van der Waals surface area contributed by atoms with Gasteiger partial charge in [0, 0.05) is 19.5 Å². The number of aromatic hydroxyl groups is 1. The fraction of sp³-hybridized carbons (Fsp3) is 0.429. The molecule has 1 aliphatic rings. The summed E-state index contributed by atoms with van der Waals surface area (Å²) < 4.78 is 0. The van der Waals surface area contributed by atoms with E-state index in [4.69, 9.17) is 5.11 Å². The lowest BCUT2D eigenvalue weighted by Crippen LogP contribution is -2.30. The molecule has 1 atom stereocenters. The highest BCUT2D eigenvalue weighted by atomic mass is 16.4. The number of carboxylic acid groups (broad SMARTS) is 1. The molecule has 1 aromatic carbocycles. The van der Waals surface area contributed by atoms with Gasteiger partial charge < -0.3 is 15.1 Å². The van der Waals surface area contributed by atoms with E-state index in [9.17, 15) is 14.7 Å². The number of amides is 1. The van der Waals surface area contributed by atoms with Crippen molar-refractivity contribution in [1.82, 2.24) is 4.90 Å². The predicted molar refractivity (Wildman–Crippen MR) is 68.8 cm³/mol. The van der Waals surface area contributed by atoms with Crippen molar-refractivity contribution < 1.29 is 19.8 Å². The molecule has 1 heterocycles. The van der Waals surface area contributed by atoms with Crippen molar-refractivity contribution in [3.63, 3.8) is 0 Å². The van der Waals surface area contributed by atoms with Gasteiger partial charge in [0.1, 0.15) is 5.75 Å². The van der Waals surface area contributed by atoms with Crippen LogP contribution in [0.3, 0.4) is 0 Å². The summed E-state index contributed by atoms with van der Waals surface area (Å²) in [5, 5.41) is 17.9. The molecular formula is C14H17NO4. The minimum absolute atomic E-state index is 0.0126. The minimum atomic E-state index is -0.808. The van der Waals surface area contributed by atoms with Crippen LogP contribution in [0.4, 0.5) is 0 Å². The minimum Gasteiger partial charge on any atom is -0.508 e. The van der Waals surface area contributed by atoms with Crippen LogP contribution in [0.15, 0.2) is 24.3 Å². The van der Waals surface area contributed by atoms with E-state index in [1.165, 1.54) is 0 Å². The van der Waals surface area contributed by atoms with Gasteiger partial charge in [-0.1, -0.05) is 12.1 Å². The van der Waals surface area contributed by atoms with Crippen molar-refractivity contribution in [1.29, 1.82) is 0 Å². The highest BCUT2D eigenvalue weighted by molar-refractivity contribution is 5.79. The molecule has 5 heteroatoms. The number of carbonyl (C=O) groups is 2. The van der Waals surface area contributed by atoms with E-state index in [0.717, 1.165) is 12.0 Å². The number of phenols is 1. The molecule has 0 aliphatic carbocycles. The summed E-state index contributed by atoms with van der Waals surface area (Å²) in [5.41, 5.74) is 0.851. The summed E-state index contributed by atoms with van der Waals surface area (Å²) in [6.07, 6.45) is 1.18. The summed E-state index contributed by atoms with van der Waals surface area (Å²) in [6.45, 7) is 1.16. The van der Waals surface area contributed by atoms with E-state index < -0.39 is 5.97 Å². The Balaban J connectivity index is 1.87. The van der Waals surface area contributed by atoms with E-state index >= 15 is 0 Å². The van der Waals surface area contributed by atoms with Crippen LogP contribution in [-0.2, 0) is 16.0 Å². The summed E-state index contributed by atoms with van der Waals surface area (Å²) in [6, 6.07) is 6.55. The lowest BCUT2D eigenvalue weighted by atomic mass is 10.1. The molecule has 1 fully saturated rings. The van der Waals surface area contributed by atoms with Gasteiger partial charge in [-0.15, -0.1) is 0 Å². The van der Waals surface area contributed by atoms with Crippen molar-refractivity contribution in [2.24, 2.45) is 5.92 Å². The fourth-order valence-electron chi connectivity index (χ4n) is 2.37. The zero-order valence-electron chi connectivity index (χ0n) is 10.6. The van der Waals surface area contributed by atoms with E-state index in [0.29, 0.717) is 19.5 Å². The van der Waals surface area contributed by atoms with Gasteiger partial charge in [0.2, 0.25) is 5.91 Å². The number of nitrogens with zero attached hydrogens (tertiary/aromatic N) is 1. The molecule has 0 aromatic heterocycles. The second-order valence-corrected chi connectivity index (χ2v) is 4.94. The number of likely N-dealkylation sites (tertiary alicyclic amines) is 1. The van der Waals surface area contributed by atoms with Gasteiger partial charge in [0.05, 0.1) is 6.42 Å². The topological polar surface area (TPSA) is 77.8 Å². The van der Waals surface area contributed by atoms with Crippen molar-refractivity contribution in [3.05, 3.63) is 29.8 Å². The maximum absolute atomic E-state index is 12.0. The molecule has 1 unspecified atom stereocenters. The first-order valence-electron chi connectivity index (χ1n) is 6.32. The molecule has 19 heavy (non-hydrogen) atoms. The number of carbonyl (C=O) groups excluding carboxylic acids is 1. The molecule has 1 amide bonds. The molecule has 0 radical (unpaired) electrons. The van der Waals surface area contributed by atoms with Crippen molar-refractivity contribution in [3.8, 4) is 5.75 Å². The monoisotopic (exact) mass is 263 g/mol. The highest BCUT2D eigenvalue weighted by Gasteiger charge is 2.27. The Morgan fingerprint density at radius 1 is 1.26 bits per heavy atom. The van der Waals surface area contributed by atoms with Crippen LogP contribution < -0.4 is 0 Å². The van der Waals surface area contributed by atoms with Gasteiger partial charge in [0.15, 0.2) is 0 Å². The second-order valence-electron chi connectivity index (χ2n) is 4.94. The molecule has 1 saturated heterocycles. The number of hydrogen-bond donors (Lipinski definition) is 2. The van der Waals surface area contributed by atoms with Crippen molar-refractivity contribution in [2.75, 3.05) is 13.1 Å². The van der Waals surface area contributed by atoms with Gasteiger partial charge in [-0.2, -0.15) is 0 Å². The van der Waals surface area contributed by atoms with E-state index in [-0.39, 0.29) is 24.0 Å². The molecule has 5 nitrogen and oxygen atoms in total. The number of rotatable bonds is 4. The summed E-state index contributed by atoms with van der Waals surface area (Å²) in [5.74, 6) is -0.545. The Morgan fingerprint density at radius 3 is 2.58 bits per heavy atom. The molecule has 1 aliphatic heterocycles. The zero-order valence-corrected chi connectivity index (χ0v) is 10.6. The lowest BCUT2D eigenvalue weighted by Gasteiger charge is -2.16. The largest absolute Gasteiger partial charge is 0.508 e. The average molecular weight is 263 g/mol. The quantitative estimate of drug-likeness (QED) is 0.857. The molecule has 0 spiro atoms. The van der Waals surface area contributed by atoms with Crippen LogP contribution in [-0.4, -0.2) is 40.1 Å². The van der Waals surface area contributed by atoms with Gasteiger partial charge in [0.25, 0.3) is 0 Å². The molecule has 0 saturated carbocycles. The van der Waals surface area contributed by atoms with Gasteiger partial charge in [-0.25, -0.2) is 0 Å². The van der Waals surface area contributed by atoms with E-state index in [1.807, 2.05) is 0 Å². The maximum atomic E-state index is 12.0. The Labute approximate surface area is 111 Å². The predicted octanol–water partition coefficient (Wildman–Crippen LogP) is 1.26. The summed E-state index contributed by atoms with van der Waals surface area (Å²) in [4.78, 5) is 24.4. The first kappa shape index (κ1) is 13.4. The van der Waals surface area contributed by atoms with E-state index in [1.54, 1.807) is 29.2 Å². The van der Waals surface area contributed by atoms with Crippen molar-refractivity contribution >= 4 is 11.9 Å². The van der Waals surface area contributed by atoms with Crippen LogP contribution in [0, 0.1) is 5.92 Å². The Morgan fingerprint density at radius 2 is 1.95 bits per heavy atom. The smallest absolute Gasteiger partial charge is 0.303 e. The van der Waals surface area contributed by atoms with Gasteiger partial charge in [-0.3, -0.25) is 9.59 Å². The van der Waals surface area contributed by atoms with Crippen LogP contribution in [0.1, 0.15) is 18.4 Å². The maximum Gasteiger partial charge on any atom is 0.303 e. The molecule has 0 bridgehead atoms. The summed E-state index contributed by atoms with van der Waals surface area (Å²) >= 11 is 0. The SMILES string of the molecule is O=C(O)CC1CCN(C(=O)Cc2ccc(O)cc2)C1. The van der Waals surface area contributed by atoms with Crippen LogP contribution in [0.2, 0.25) is 0 Å². The van der Waals surface area contributed by atoms with E-state index in [2.05, 4.69) is 0 Å². The Hall–Kier alpha value is -2.04. The molecule has 102 valence electrons. The lowest BCUT2D eigenvalue weighted by molar-refractivity contribution is -0.138. The number of carboxylic acids is 1. The number of benzene rings is 1. The first-order chi connectivity index (χ1) is 9.04. The number of hydrogen-bond acceptors (Lipinski definition) is 3. The second kappa shape index (κ2) is 5.73. The number of aliphatic carboxylic acids is 1. The van der Waals surface area contributed by atoms with Gasteiger partial charge >= 0.3 is 5.97 Å². The third-order valence-corrected chi connectivity index (χ3v) is 3.39. The molecule has 2 N–H and O–H groups in total. The van der Waals surface area contributed by atoms with Crippen LogP contribution in [0.5, 0.6) is 5.75 Å². The highest BCUT2D eigenvalue weighted by Crippen LogP contribution is 2.20. The average Bonchev–Trinajstić information content (AvgIpc) is 2.80. The zero-order chi connectivity index (χ0) is 13.8. The Bertz CT molecular complexity index is 469. The number of phenolic OH excluding ortho intramolecular Hbond substituents is 1. The Kier molecular flexibility index (Phi) is 4.04. The molecule has 2 rings (SSSR count). The van der Waals surface area contributed by atoms with Crippen molar-refractivity contribution in [2.45, 2.75) is 19.3 Å².